The predicted molar refractivity (Wildman–Crippen MR) is 71.0 cm³/mol. The van der Waals surface area contributed by atoms with Crippen LogP contribution in [0, 0.1) is 6.92 Å². The number of fused-ring (bicyclic) bond motifs is 1. The van der Waals surface area contributed by atoms with Crippen molar-refractivity contribution in [3.8, 4) is 0 Å². The molecule has 2 aromatic heterocycles. The zero-order valence-corrected chi connectivity index (χ0v) is 11.4. The molecule has 1 aliphatic rings. The largest absolute Gasteiger partial charge is 0.358 e. The van der Waals surface area contributed by atoms with Crippen LogP contribution in [-0.2, 0) is 4.74 Å². The fourth-order valence-electron chi connectivity index (χ4n) is 2.51. The minimum Gasteiger partial charge on any atom is -0.358 e. The Balaban J connectivity index is 2.11. The predicted octanol–water partition coefficient (Wildman–Crippen LogP) is 3.81. The molecule has 3 nitrogen and oxygen atoms in total. The Morgan fingerprint density at radius 1 is 1.41 bits per heavy atom. The Morgan fingerprint density at radius 3 is 3.06 bits per heavy atom. The van der Waals surface area contributed by atoms with Gasteiger partial charge in [-0.25, -0.2) is 4.98 Å². The van der Waals surface area contributed by atoms with E-state index in [1.807, 2.05) is 6.20 Å². The van der Waals surface area contributed by atoms with Gasteiger partial charge < -0.3 is 9.30 Å². The lowest BCUT2D eigenvalue weighted by atomic mass is 10.2. The van der Waals surface area contributed by atoms with Crippen molar-refractivity contribution in [3.63, 3.8) is 0 Å². The van der Waals surface area contributed by atoms with Gasteiger partial charge in [0.1, 0.15) is 11.9 Å². The SMILES string of the molecule is Cc1cc2cc(Br)cnc2n1C1CCCCO1. The molecular weight excluding hydrogens is 280 g/mol. The van der Waals surface area contributed by atoms with Gasteiger partial charge in [0.25, 0.3) is 0 Å². The monoisotopic (exact) mass is 294 g/mol. The van der Waals surface area contributed by atoms with Crippen LogP contribution in [0.2, 0.25) is 0 Å². The van der Waals surface area contributed by atoms with Crippen molar-refractivity contribution in [1.82, 2.24) is 9.55 Å². The van der Waals surface area contributed by atoms with Gasteiger partial charge in [0.2, 0.25) is 0 Å². The summed E-state index contributed by atoms with van der Waals surface area (Å²) in [6, 6.07) is 4.28. The molecule has 1 aliphatic heterocycles. The van der Waals surface area contributed by atoms with Gasteiger partial charge in [-0.3, -0.25) is 0 Å². The fourth-order valence-corrected chi connectivity index (χ4v) is 2.86. The molecular formula is C13H15BrN2O. The number of nitrogens with zero attached hydrogens (tertiary/aromatic N) is 2. The van der Waals surface area contributed by atoms with E-state index in [0.29, 0.717) is 0 Å². The van der Waals surface area contributed by atoms with Crippen molar-refractivity contribution in [1.29, 1.82) is 0 Å². The molecule has 0 saturated carbocycles. The zero-order valence-electron chi connectivity index (χ0n) is 9.82. The number of pyridine rings is 1. The molecule has 1 atom stereocenters. The third kappa shape index (κ3) is 2.00. The van der Waals surface area contributed by atoms with Crippen LogP contribution >= 0.6 is 15.9 Å². The topological polar surface area (TPSA) is 27.1 Å². The van der Waals surface area contributed by atoms with Gasteiger partial charge in [0.15, 0.2) is 0 Å². The van der Waals surface area contributed by atoms with Crippen LogP contribution in [0.1, 0.15) is 31.2 Å². The molecule has 0 aliphatic carbocycles. The lowest BCUT2D eigenvalue weighted by Gasteiger charge is -2.25. The molecule has 90 valence electrons. The first-order chi connectivity index (χ1) is 8.25. The average molecular weight is 295 g/mol. The standard InChI is InChI=1S/C13H15BrN2O/c1-9-6-10-7-11(14)8-15-13(10)16(9)12-4-2-3-5-17-12/h6-8,12H,2-5H2,1H3. The van der Waals surface area contributed by atoms with E-state index < -0.39 is 0 Å². The second-order valence-corrected chi connectivity index (χ2v) is 5.46. The summed E-state index contributed by atoms with van der Waals surface area (Å²) in [4.78, 5) is 4.51. The highest BCUT2D eigenvalue weighted by Crippen LogP contribution is 2.29. The summed E-state index contributed by atoms with van der Waals surface area (Å²) in [6.07, 6.45) is 5.51. The quantitative estimate of drug-likeness (QED) is 0.800. The maximum absolute atomic E-state index is 5.85. The van der Waals surface area contributed by atoms with Gasteiger partial charge in [-0.1, -0.05) is 0 Å². The van der Waals surface area contributed by atoms with Crippen LogP contribution in [0.3, 0.4) is 0 Å². The number of ether oxygens (including phenoxy) is 1. The van der Waals surface area contributed by atoms with Crippen LogP contribution in [0.4, 0.5) is 0 Å². The number of aryl methyl sites for hydroxylation is 1. The Hall–Kier alpha value is -0.870. The van der Waals surface area contributed by atoms with Crippen molar-refractivity contribution < 1.29 is 4.74 Å². The molecule has 0 spiro atoms. The van der Waals surface area contributed by atoms with E-state index in [0.717, 1.165) is 23.1 Å². The van der Waals surface area contributed by atoms with Crippen LogP contribution in [0.5, 0.6) is 0 Å². The van der Waals surface area contributed by atoms with Crippen molar-refractivity contribution in [3.05, 3.63) is 28.5 Å². The van der Waals surface area contributed by atoms with Crippen LogP contribution in [-0.4, -0.2) is 16.2 Å². The smallest absolute Gasteiger partial charge is 0.142 e. The first-order valence-electron chi connectivity index (χ1n) is 6.00. The molecule has 2 aromatic rings. The van der Waals surface area contributed by atoms with E-state index >= 15 is 0 Å². The van der Waals surface area contributed by atoms with E-state index in [-0.39, 0.29) is 6.23 Å². The number of aromatic nitrogens is 2. The lowest BCUT2D eigenvalue weighted by Crippen LogP contribution is -2.19. The van der Waals surface area contributed by atoms with Crippen molar-refractivity contribution >= 4 is 27.0 Å². The van der Waals surface area contributed by atoms with Crippen molar-refractivity contribution in [2.45, 2.75) is 32.4 Å². The molecule has 0 radical (unpaired) electrons. The molecule has 3 heterocycles. The average Bonchev–Trinajstić information content (AvgIpc) is 2.65. The van der Waals surface area contributed by atoms with Crippen molar-refractivity contribution in [2.75, 3.05) is 6.61 Å². The molecule has 4 heteroatoms. The highest BCUT2D eigenvalue weighted by atomic mass is 79.9. The van der Waals surface area contributed by atoms with E-state index in [2.05, 4.69) is 44.5 Å². The molecule has 1 saturated heterocycles. The Morgan fingerprint density at radius 2 is 2.29 bits per heavy atom. The molecule has 1 fully saturated rings. The highest BCUT2D eigenvalue weighted by molar-refractivity contribution is 9.10. The molecule has 1 unspecified atom stereocenters. The van der Waals surface area contributed by atoms with Crippen LogP contribution < -0.4 is 0 Å². The molecule has 0 aromatic carbocycles. The second-order valence-electron chi connectivity index (χ2n) is 4.54. The maximum Gasteiger partial charge on any atom is 0.142 e. The van der Waals surface area contributed by atoms with Crippen molar-refractivity contribution in [2.24, 2.45) is 0 Å². The Kier molecular flexibility index (Phi) is 2.92. The number of hydrogen-bond acceptors (Lipinski definition) is 2. The summed E-state index contributed by atoms with van der Waals surface area (Å²) < 4.78 is 9.10. The van der Waals surface area contributed by atoms with Gasteiger partial charge in [0.05, 0.1) is 0 Å². The summed E-state index contributed by atoms with van der Waals surface area (Å²) >= 11 is 3.46. The van der Waals surface area contributed by atoms with E-state index in [9.17, 15) is 0 Å². The minimum absolute atomic E-state index is 0.162. The fraction of sp³-hybridized carbons (Fsp3) is 0.462. The van der Waals surface area contributed by atoms with Gasteiger partial charge in [-0.05, 0) is 54.2 Å². The Labute approximate surface area is 109 Å². The normalized spacial score (nSPS) is 20.9. The first kappa shape index (κ1) is 11.2. The summed E-state index contributed by atoms with van der Waals surface area (Å²) in [6.45, 7) is 2.98. The molecule has 0 N–H and O–H groups in total. The first-order valence-corrected chi connectivity index (χ1v) is 6.80. The maximum atomic E-state index is 5.85. The van der Waals surface area contributed by atoms with Crippen LogP contribution in [0.25, 0.3) is 11.0 Å². The number of rotatable bonds is 1. The van der Waals surface area contributed by atoms with E-state index in [1.165, 1.54) is 23.9 Å². The van der Waals surface area contributed by atoms with Gasteiger partial charge in [-0.15, -0.1) is 0 Å². The molecule has 3 rings (SSSR count). The lowest BCUT2D eigenvalue weighted by molar-refractivity contribution is -0.0305. The van der Waals surface area contributed by atoms with Crippen LogP contribution in [0.15, 0.2) is 22.8 Å². The summed E-state index contributed by atoms with van der Waals surface area (Å²) in [5.41, 5.74) is 2.25. The van der Waals surface area contributed by atoms with E-state index in [4.69, 9.17) is 4.74 Å². The molecule has 0 amide bonds. The van der Waals surface area contributed by atoms with Gasteiger partial charge in [-0.2, -0.15) is 0 Å². The Bertz CT molecular complexity index is 544. The van der Waals surface area contributed by atoms with Gasteiger partial charge >= 0.3 is 0 Å². The van der Waals surface area contributed by atoms with Gasteiger partial charge in [0, 0.05) is 28.4 Å². The molecule has 17 heavy (non-hydrogen) atoms. The summed E-state index contributed by atoms with van der Waals surface area (Å²) in [7, 11) is 0. The minimum atomic E-state index is 0.162. The highest BCUT2D eigenvalue weighted by Gasteiger charge is 2.19. The summed E-state index contributed by atoms with van der Waals surface area (Å²) in [5.74, 6) is 0. The zero-order chi connectivity index (χ0) is 11.8. The third-order valence-corrected chi connectivity index (χ3v) is 3.71. The van der Waals surface area contributed by atoms with E-state index in [1.54, 1.807) is 0 Å². The third-order valence-electron chi connectivity index (χ3n) is 3.28. The number of hydrogen-bond donors (Lipinski definition) is 0. The second kappa shape index (κ2) is 4.42. The summed E-state index contributed by atoms with van der Waals surface area (Å²) in [5, 5.41) is 1.17. The molecule has 0 bridgehead atoms. The number of halogens is 1.